The molecule has 1 saturated heterocycles. The van der Waals surface area contributed by atoms with E-state index in [2.05, 4.69) is 15.5 Å². The highest BCUT2D eigenvalue weighted by Crippen LogP contribution is 2.27. The van der Waals surface area contributed by atoms with E-state index in [-0.39, 0.29) is 28.8 Å². The van der Waals surface area contributed by atoms with Crippen LogP contribution in [0, 0.1) is 27.4 Å². The number of anilines is 2. The smallest absolute Gasteiger partial charge is 0.270 e. The molecule has 1 fully saturated rings. The van der Waals surface area contributed by atoms with E-state index in [9.17, 15) is 20.2 Å². The first-order chi connectivity index (χ1) is 15.0. The van der Waals surface area contributed by atoms with Crippen LogP contribution in [0.3, 0.4) is 0 Å². The van der Waals surface area contributed by atoms with Crippen LogP contribution in [0.25, 0.3) is 10.6 Å². The van der Waals surface area contributed by atoms with Crippen LogP contribution in [0.1, 0.15) is 18.4 Å². The number of thiophene rings is 1. The van der Waals surface area contributed by atoms with Crippen molar-refractivity contribution in [2.24, 2.45) is 5.92 Å². The van der Waals surface area contributed by atoms with Crippen molar-refractivity contribution in [3.8, 4) is 16.6 Å². The molecule has 1 unspecified atom stereocenters. The van der Waals surface area contributed by atoms with Crippen molar-refractivity contribution < 1.29 is 9.72 Å². The fourth-order valence-electron chi connectivity index (χ4n) is 3.53. The van der Waals surface area contributed by atoms with Gasteiger partial charge in [-0.1, -0.05) is 6.07 Å². The third-order valence-electron chi connectivity index (χ3n) is 5.13. The fraction of sp³-hybridized carbons (Fsp3) is 0.238. The van der Waals surface area contributed by atoms with Crippen LogP contribution in [0.4, 0.5) is 17.2 Å². The zero-order valence-corrected chi connectivity index (χ0v) is 17.2. The molecule has 1 aliphatic heterocycles. The maximum atomic E-state index is 12.8. The number of hydrogen-bond acceptors (Lipinski definition) is 8. The molecular weight excluding hydrogens is 416 g/mol. The lowest BCUT2D eigenvalue weighted by atomic mass is 9.96. The summed E-state index contributed by atoms with van der Waals surface area (Å²) in [5, 5.41) is 33.6. The van der Waals surface area contributed by atoms with Gasteiger partial charge in [-0.3, -0.25) is 14.9 Å². The molecule has 1 aromatic carbocycles. The third-order valence-corrected chi connectivity index (χ3v) is 6.02. The van der Waals surface area contributed by atoms with Crippen molar-refractivity contribution in [1.82, 2.24) is 10.2 Å². The minimum Gasteiger partial charge on any atom is -0.354 e. The van der Waals surface area contributed by atoms with Gasteiger partial charge in [0, 0.05) is 25.2 Å². The standard InChI is InChI=1S/C21H18N6O3S/c22-12-15-11-16(27(29)30)5-6-17(15)23-21(28)14-3-1-9-26(13-14)20-8-7-18(24-25-20)19-4-2-10-31-19/h2,4-8,10-11,14H,1,3,9,13H2,(H,23,28). The van der Waals surface area contributed by atoms with E-state index < -0.39 is 4.92 Å². The average molecular weight is 434 g/mol. The van der Waals surface area contributed by atoms with Crippen LogP contribution in [0.5, 0.6) is 0 Å². The van der Waals surface area contributed by atoms with E-state index >= 15 is 0 Å². The zero-order valence-electron chi connectivity index (χ0n) is 16.4. The number of nitro benzene ring substituents is 1. The van der Waals surface area contributed by atoms with E-state index in [4.69, 9.17) is 0 Å². The number of aromatic nitrogens is 2. The molecule has 1 atom stereocenters. The van der Waals surface area contributed by atoms with E-state index in [1.54, 1.807) is 11.3 Å². The maximum absolute atomic E-state index is 12.8. The molecule has 156 valence electrons. The summed E-state index contributed by atoms with van der Waals surface area (Å²) >= 11 is 1.60. The highest BCUT2D eigenvalue weighted by atomic mass is 32.1. The molecule has 0 radical (unpaired) electrons. The van der Waals surface area contributed by atoms with E-state index in [1.807, 2.05) is 40.6 Å². The Hall–Kier alpha value is -3.84. The second-order valence-corrected chi connectivity index (χ2v) is 8.07. The molecule has 9 nitrogen and oxygen atoms in total. The molecule has 10 heteroatoms. The van der Waals surface area contributed by atoms with Crippen LogP contribution in [-0.2, 0) is 4.79 Å². The first-order valence-corrected chi connectivity index (χ1v) is 10.5. The van der Waals surface area contributed by atoms with Gasteiger partial charge in [0.15, 0.2) is 5.82 Å². The second-order valence-electron chi connectivity index (χ2n) is 7.13. The molecule has 3 aromatic rings. The molecule has 1 amide bonds. The Bertz CT molecular complexity index is 1140. The van der Waals surface area contributed by atoms with Gasteiger partial charge in [0.25, 0.3) is 5.69 Å². The Morgan fingerprint density at radius 2 is 2.16 bits per heavy atom. The number of hydrogen-bond donors (Lipinski definition) is 1. The van der Waals surface area contributed by atoms with Gasteiger partial charge >= 0.3 is 0 Å². The number of nitriles is 1. The van der Waals surface area contributed by atoms with Crippen LogP contribution < -0.4 is 10.2 Å². The first kappa shape index (κ1) is 20.4. The fourth-order valence-corrected chi connectivity index (χ4v) is 4.22. The van der Waals surface area contributed by atoms with Crippen LogP contribution in [0.15, 0.2) is 47.8 Å². The lowest BCUT2D eigenvalue weighted by Gasteiger charge is -2.32. The molecule has 0 bridgehead atoms. The molecule has 1 aliphatic rings. The topological polar surface area (TPSA) is 125 Å². The summed E-state index contributed by atoms with van der Waals surface area (Å²) < 4.78 is 0. The number of rotatable bonds is 5. The van der Waals surface area contributed by atoms with Gasteiger partial charge in [-0.15, -0.1) is 21.5 Å². The normalized spacial score (nSPS) is 15.8. The number of carbonyl (C=O) groups excluding carboxylic acids is 1. The number of carbonyl (C=O) groups is 1. The second kappa shape index (κ2) is 8.89. The number of nitrogens with zero attached hydrogens (tertiary/aromatic N) is 5. The molecule has 3 heterocycles. The minimum atomic E-state index is -0.573. The highest BCUT2D eigenvalue weighted by Gasteiger charge is 2.27. The Morgan fingerprint density at radius 1 is 1.29 bits per heavy atom. The summed E-state index contributed by atoms with van der Waals surface area (Å²) in [6.07, 6.45) is 1.52. The van der Waals surface area contributed by atoms with Gasteiger partial charge in [-0.2, -0.15) is 5.26 Å². The summed E-state index contributed by atoms with van der Waals surface area (Å²) in [5.41, 5.74) is 0.954. The molecule has 31 heavy (non-hydrogen) atoms. The SMILES string of the molecule is N#Cc1cc([N+](=O)[O-])ccc1NC(=O)C1CCCN(c2ccc(-c3cccs3)nn2)C1. The Labute approximate surface area is 182 Å². The quantitative estimate of drug-likeness (QED) is 0.478. The number of amides is 1. The summed E-state index contributed by atoms with van der Waals surface area (Å²) in [6.45, 7) is 1.26. The summed E-state index contributed by atoms with van der Waals surface area (Å²) in [5.74, 6) is 0.193. The first-order valence-electron chi connectivity index (χ1n) is 9.67. The lowest BCUT2D eigenvalue weighted by molar-refractivity contribution is -0.384. The molecule has 0 saturated carbocycles. The monoisotopic (exact) mass is 434 g/mol. The number of piperidine rings is 1. The van der Waals surface area contributed by atoms with Gasteiger partial charge in [0.2, 0.25) is 5.91 Å². The Kier molecular flexibility index (Phi) is 5.86. The van der Waals surface area contributed by atoms with Gasteiger partial charge in [-0.05, 0) is 42.5 Å². The van der Waals surface area contributed by atoms with Gasteiger partial charge in [0.1, 0.15) is 11.8 Å². The van der Waals surface area contributed by atoms with Gasteiger partial charge in [0.05, 0.1) is 27.0 Å². The minimum absolute atomic E-state index is 0.0604. The Balaban J connectivity index is 1.44. The number of non-ortho nitro benzene ring substituents is 1. The van der Waals surface area contributed by atoms with E-state index in [0.717, 1.165) is 29.6 Å². The number of nitrogens with one attached hydrogen (secondary N) is 1. The van der Waals surface area contributed by atoms with Crippen molar-refractivity contribution in [1.29, 1.82) is 5.26 Å². The third kappa shape index (κ3) is 4.51. The number of nitro groups is 1. The molecule has 0 aliphatic carbocycles. The summed E-state index contributed by atoms with van der Waals surface area (Å²) in [7, 11) is 0. The highest BCUT2D eigenvalue weighted by molar-refractivity contribution is 7.13. The van der Waals surface area contributed by atoms with Crippen molar-refractivity contribution in [2.75, 3.05) is 23.3 Å². The largest absolute Gasteiger partial charge is 0.354 e. The average Bonchev–Trinajstić information content (AvgIpc) is 3.34. The van der Waals surface area contributed by atoms with E-state index in [1.165, 1.54) is 12.1 Å². The number of benzene rings is 1. The molecule has 4 rings (SSSR count). The maximum Gasteiger partial charge on any atom is 0.270 e. The van der Waals surface area contributed by atoms with E-state index in [0.29, 0.717) is 18.8 Å². The summed E-state index contributed by atoms with van der Waals surface area (Å²) in [4.78, 5) is 26.2. The predicted octanol–water partition coefficient (Wildman–Crippen LogP) is 3.84. The molecule has 1 N–H and O–H groups in total. The van der Waals surface area contributed by atoms with Crippen molar-refractivity contribution in [3.63, 3.8) is 0 Å². The lowest BCUT2D eigenvalue weighted by Crippen LogP contribution is -2.41. The van der Waals surface area contributed by atoms with Crippen molar-refractivity contribution >= 4 is 34.4 Å². The zero-order chi connectivity index (χ0) is 21.8. The van der Waals surface area contributed by atoms with Gasteiger partial charge < -0.3 is 10.2 Å². The Morgan fingerprint density at radius 3 is 2.84 bits per heavy atom. The van der Waals surface area contributed by atoms with Crippen molar-refractivity contribution in [2.45, 2.75) is 12.8 Å². The predicted molar refractivity (Wildman–Crippen MR) is 117 cm³/mol. The van der Waals surface area contributed by atoms with Crippen LogP contribution >= 0.6 is 11.3 Å². The van der Waals surface area contributed by atoms with Crippen LogP contribution in [-0.4, -0.2) is 34.1 Å². The summed E-state index contributed by atoms with van der Waals surface area (Å²) in [6, 6.07) is 13.5. The van der Waals surface area contributed by atoms with Crippen molar-refractivity contribution in [3.05, 3.63) is 63.5 Å². The molecular formula is C21H18N6O3S. The van der Waals surface area contributed by atoms with Gasteiger partial charge in [-0.25, -0.2) is 0 Å². The molecule has 2 aromatic heterocycles. The van der Waals surface area contributed by atoms with Crippen LogP contribution in [0.2, 0.25) is 0 Å². The molecule has 0 spiro atoms.